The van der Waals surface area contributed by atoms with Crippen molar-refractivity contribution in [3.63, 3.8) is 0 Å². The topological polar surface area (TPSA) is 115 Å². The van der Waals surface area contributed by atoms with Gasteiger partial charge < -0.3 is 9.47 Å². The van der Waals surface area contributed by atoms with Gasteiger partial charge in [0.2, 0.25) is 10.0 Å². The van der Waals surface area contributed by atoms with Gasteiger partial charge in [-0.15, -0.1) is 11.3 Å². The molecule has 3 aromatic rings. The summed E-state index contributed by atoms with van der Waals surface area (Å²) in [6.45, 7) is 0.318. The van der Waals surface area contributed by atoms with Crippen molar-refractivity contribution in [2.75, 3.05) is 38.2 Å². The van der Waals surface area contributed by atoms with Crippen molar-refractivity contribution in [1.29, 1.82) is 0 Å². The van der Waals surface area contributed by atoms with Gasteiger partial charge >= 0.3 is 5.97 Å². The number of sulfonamides is 1. The third kappa shape index (κ3) is 6.00. The maximum Gasteiger partial charge on any atom is 0.338 e. The van der Waals surface area contributed by atoms with Crippen LogP contribution in [0, 0.1) is 0 Å². The molecular formula is C22H19Cl2N3O6S2. The highest BCUT2D eigenvalue weighted by Crippen LogP contribution is 2.30. The van der Waals surface area contributed by atoms with Crippen molar-refractivity contribution in [3.05, 3.63) is 63.5 Å². The Hall–Kier alpha value is -2.54. The first-order valence-electron chi connectivity index (χ1n) is 10.3. The molecule has 0 spiro atoms. The number of nitrogens with zero attached hydrogens (tertiary/aromatic N) is 2. The van der Waals surface area contributed by atoms with Gasteiger partial charge in [0, 0.05) is 29.1 Å². The van der Waals surface area contributed by atoms with Gasteiger partial charge in [0.25, 0.3) is 5.91 Å². The van der Waals surface area contributed by atoms with E-state index in [1.54, 1.807) is 17.5 Å². The number of hydrogen-bond acceptors (Lipinski definition) is 8. The Morgan fingerprint density at radius 3 is 2.60 bits per heavy atom. The average molecular weight is 556 g/mol. The van der Waals surface area contributed by atoms with E-state index in [-0.39, 0.29) is 41.8 Å². The molecule has 0 bridgehead atoms. The molecule has 1 aromatic heterocycles. The molecule has 35 heavy (non-hydrogen) atoms. The van der Waals surface area contributed by atoms with Gasteiger partial charge in [0.05, 0.1) is 29.5 Å². The molecular weight excluding hydrogens is 537 g/mol. The van der Waals surface area contributed by atoms with Crippen LogP contribution in [0.5, 0.6) is 0 Å². The molecule has 1 N–H and O–H groups in total. The van der Waals surface area contributed by atoms with E-state index < -0.39 is 28.5 Å². The number of thiazole rings is 1. The molecule has 2 heterocycles. The lowest BCUT2D eigenvalue weighted by molar-refractivity contribution is -0.119. The number of carbonyl (C=O) groups excluding carboxylic acids is 2. The first-order valence-corrected chi connectivity index (χ1v) is 13.4. The minimum Gasteiger partial charge on any atom is -0.452 e. The highest BCUT2D eigenvalue weighted by atomic mass is 35.5. The maximum atomic E-state index is 12.9. The van der Waals surface area contributed by atoms with Crippen LogP contribution in [0.4, 0.5) is 5.13 Å². The first-order chi connectivity index (χ1) is 16.8. The summed E-state index contributed by atoms with van der Waals surface area (Å²) in [4.78, 5) is 28.9. The number of benzene rings is 2. The van der Waals surface area contributed by atoms with Crippen LogP contribution in [-0.2, 0) is 24.3 Å². The predicted octanol–water partition coefficient (Wildman–Crippen LogP) is 3.93. The number of carbonyl (C=O) groups is 2. The number of rotatable bonds is 7. The van der Waals surface area contributed by atoms with Crippen LogP contribution >= 0.6 is 34.5 Å². The summed E-state index contributed by atoms with van der Waals surface area (Å²) in [7, 11) is -3.93. The number of hydrogen-bond donors (Lipinski definition) is 1. The SMILES string of the molecule is O=C(COC(=O)c1ccc(Cl)c(S(=O)(=O)N2CCOCC2)c1)Nc1nc(-c2ccccc2Cl)cs1. The van der Waals surface area contributed by atoms with Gasteiger partial charge in [-0.1, -0.05) is 41.4 Å². The zero-order chi connectivity index (χ0) is 25.0. The van der Waals surface area contributed by atoms with Gasteiger partial charge in [-0.05, 0) is 24.3 Å². The summed E-state index contributed by atoms with van der Waals surface area (Å²) in [5.74, 6) is -1.47. The van der Waals surface area contributed by atoms with E-state index in [1.807, 2.05) is 12.1 Å². The second kappa shape index (κ2) is 11.0. The van der Waals surface area contributed by atoms with E-state index in [0.29, 0.717) is 15.8 Å². The molecule has 1 amide bonds. The predicted molar refractivity (Wildman–Crippen MR) is 133 cm³/mol. The Morgan fingerprint density at radius 1 is 1.11 bits per heavy atom. The zero-order valence-corrected chi connectivity index (χ0v) is 21.2. The average Bonchev–Trinajstić information content (AvgIpc) is 3.31. The summed E-state index contributed by atoms with van der Waals surface area (Å²) in [6, 6.07) is 11.0. The minimum atomic E-state index is -3.93. The molecule has 0 radical (unpaired) electrons. The van der Waals surface area contributed by atoms with Gasteiger partial charge in [-0.2, -0.15) is 4.31 Å². The number of amides is 1. The Labute approximate surface area is 215 Å². The fraction of sp³-hybridized carbons (Fsp3) is 0.227. The van der Waals surface area contributed by atoms with Crippen LogP contribution in [0.2, 0.25) is 10.0 Å². The van der Waals surface area contributed by atoms with E-state index in [4.69, 9.17) is 32.7 Å². The fourth-order valence-corrected chi connectivity index (χ4v) is 6.12. The number of anilines is 1. The summed E-state index contributed by atoms with van der Waals surface area (Å²) >= 11 is 13.5. The number of nitrogens with one attached hydrogen (secondary N) is 1. The second-order valence-electron chi connectivity index (χ2n) is 7.30. The molecule has 13 heteroatoms. The lowest BCUT2D eigenvalue weighted by Crippen LogP contribution is -2.40. The molecule has 4 rings (SSSR count). The van der Waals surface area contributed by atoms with Crippen molar-refractivity contribution in [2.24, 2.45) is 0 Å². The summed E-state index contributed by atoms with van der Waals surface area (Å²) in [5, 5.41) is 5.12. The van der Waals surface area contributed by atoms with Gasteiger partial charge in [-0.25, -0.2) is 18.2 Å². The van der Waals surface area contributed by atoms with E-state index in [1.165, 1.54) is 27.8 Å². The van der Waals surface area contributed by atoms with Gasteiger partial charge in [0.15, 0.2) is 11.7 Å². The van der Waals surface area contributed by atoms with Crippen LogP contribution < -0.4 is 5.32 Å². The first kappa shape index (κ1) is 25.5. The largest absolute Gasteiger partial charge is 0.452 e. The third-order valence-corrected chi connectivity index (χ3v) is 8.46. The molecule has 1 aliphatic rings. The number of esters is 1. The van der Waals surface area contributed by atoms with E-state index >= 15 is 0 Å². The van der Waals surface area contributed by atoms with Crippen LogP contribution in [-0.4, -0.2) is 62.5 Å². The Kier molecular flexibility index (Phi) is 8.05. The molecule has 1 saturated heterocycles. The molecule has 9 nitrogen and oxygen atoms in total. The Bertz CT molecular complexity index is 1360. The Morgan fingerprint density at radius 2 is 1.86 bits per heavy atom. The van der Waals surface area contributed by atoms with E-state index in [9.17, 15) is 18.0 Å². The third-order valence-electron chi connectivity index (χ3n) is 4.99. The van der Waals surface area contributed by atoms with Crippen molar-refractivity contribution in [2.45, 2.75) is 4.90 Å². The van der Waals surface area contributed by atoms with E-state index in [0.717, 1.165) is 11.6 Å². The van der Waals surface area contributed by atoms with Crippen LogP contribution in [0.25, 0.3) is 11.3 Å². The van der Waals surface area contributed by atoms with Crippen molar-refractivity contribution in [1.82, 2.24) is 9.29 Å². The monoisotopic (exact) mass is 555 g/mol. The standard InChI is InChI=1S/C22H19Cl2N3O6S2/c23-16-4-2-1-3-15(16)18-13-34-22(25-18)26-20(28)12-33-21(29)14-5-6-17(24)19(11-14)35(30,31)27-7-9-32-10-8-27/h1-6,11,13H,7-10,12H2,(H,25,26,28). The number of morpholine rings is 1. The summed E-state index contributed by atoms with van der Waals surface area (Å²) in [6.07, 6.45) is 0. The van der Waals surface area contributed by atoms with Crippen molar-refractivity contribution >= 4 is 61.6 Å². The second-order valence-corrected chi connectivity index (χ2v) is 10.9. The minimum absolute atomic E-state index is 0.0242. The summed E-state index contributed by atoms with van der Waals surface area (Å²) in [5.41, 5.74) is 1.27. The molecule has 0 aliphatic carbocycles. The maximum absolute atomic E-state index is 12.9. The van der Waals surface area contributed by atoms with Gasteiger partial charge in [-0.3, -0.25) is 10.1 Å². The molecule has 2 aromatic carbocycles. The molecule has 0 atom stereocenters. The van der Waals surface area contributed by atoms with E-state index in [2.05, 4.69) is 10.3 Å². The Balaban J connectivity index is 1.38. The molecule has 184 valence electrons. The quantitative estimate of drug-likeness (QED) is 0.439. The van der Waals surface area contributed by atoms with Crippen LogP contribution in [0.15, 0.2) is 52.7 Å². The highest BCUT2D eigenvalue weighted by molar-refractivity contribution is 7.89. The molecule has 0 unspecified atom stereocenters. The zero-order valence-electron chi connectivity index (χ0n) is 18.1. The lowest BCUT2D eigenvalue weighted by atomic mass is 10.2. The van der Waals surface area contributed by atoms with Gasteiger partial charge in [0.1, 0.15) is 4.90 Å². The van der Waals surface area contributed by atoms with Crippen molar-refractivity contribution in [3.8, 4) is 11.3 Å². The smallest absolute Gasteiger partial charge is 0.338 e. The van der Waals surface area contributed by atoms with Crippen molar-refractivity contribution < 1.29 is 27.5 Å². The fourth-order valence-electron chi connectivity index (χ4n) is 3.25. The highest BCUT2D eigenvalue weighted by Gasteiger charge is 2.29. The lowest BCUT2D eigenvalue weighted by Gasteiger charge is -2.26. The van der Waals surface area contributed by atoms with Crippen LogP contribution in [0.1, 0.15) is 10.4 Å². The molecule has 1 fully saturated rings. The number of aromatic nitrogens is 1. The summed E-state index contributed by atoms with van der Waals surface area (Å²) < 4.78 is 37.4. The number of ether oxygens (including phenoxy) is 2. The molecule has 0 saturated carbocycles. The normalized spacial score (nSPS) is 14.5. The van der Waals surface area contributed by atoms with Crippen LogP contribution in [0.3, 0.4) is 0 Å². The number of halogens is 2. The molecule has 1 aliphatic heterocycles.